The van der Waals surface area contributed by atoms with Crippen LogP contribution in [0.3, 0.4) is 0 Å². The van der Waals surface area contributed by atoms with Crippen molar-refractivity contribution in [3.05, 3.63) is 45.9 Å². The molecule has 2 aromatic heterocycles. The number of hydrogen-bond donors (Lipinski definition) is 1. The van der Waals surface area contributed by atoms with Gasteiger partial charge in [-0.15, -0.1) is 11.3 Å². The maximum atomic E-state index is 5.41. The van der Waals surface area contributed by atoms with Crippen LogP contribution in [0.4, 0.5) is 0 Å². The molecule has 2 heterocycles. The fourth-order valence-electron chi connectivity index (χ4n) is 1.99. The van der Waals surface area contributed by atoms with E-state index in [9.17, 15) is 0 Å². The topological polar surface area (TPSA) is 34.2 Å². The monoisotopic (exact) mass is 262 g/mol. The lowest BCUT2D eigenvalue weighted by atomic mass is 10.1. The Labute approximate surface area is 112 Å². The number of nitrogens with zero attached hydrogens (tertiary/aromatic N) is 1. The van der Waals surface area contributed by atoms with Crippen LogP contribution in [0, 0.1) is 6.92 Å². The zero-order valence-corrected chi connectivity index (χ0v) is 11.8. The number of ether oxygens (including phenoxy) is 1. The van der Waals surface area contributed by atoms with E-state index in [0.29, 0.717) is 0 Å². The molecule has 2 rings (SSSR count). The Morgan fingerprint density at radius 2 is 2.28 bits per heavy atom. The molecule has 18 heavy (non-hydrogen) atoms. The molecule has 0 aromatic carbocycles. The lowest BCUT2D eigenvalue weighted by Gasteiger charge is -2.18. The SMILES string of the molecule is CCNC(c1cncc(C)c1)c1sccc1OC. The highest BCUT2D eigenvalue weighted by molar-refractivity contribution is 7.10. The average Bonchev–Trinajstić information content (AvgIpc) is 2.84. The van der Waals surface area contributed by atoms with Crippen LogP contribution in [-0.4, -0.2) is 18.6 Å². The highest BCUT2D eigenvalue weighted by Crippen LogP contribution is 2.34. The molecule has 0 fully saturated rings. The summed E-state index contributed by atoms with van der Waals surface area (Å²) in [5.74, 6) is 0.937. The Balaban J connectivity index is 2.39. The van der Waals surface area contributed by atoms with Gasteiger partial charge in [-0.2, -0.15) is 0 Å². The zero-order valence-electron chi connectivity index (χ0n) is 10.9. The molecule has 0 bridgehead atoms. The molecule has 1 atom stereocenters. The van der Waals surface area contributed by atoms with Gasteiger partial charge in [-0.05, 0) is 36.0 Å². The molecule has 0 radical (unpaired) electrons. The molecule has 0 saturated heterocycles. The van der Waals surface area contributed by atoms with E-state index >= 15 is 0 Å². The fourth-order valence-corrected chi connectivity index (χ4v) is 2.95. The van der Waals surface area contributed by atoms with Crippen LogP contribution >= 0.6 is 11.3 Å². The lowest BCUT2D eigenvalue weighted by molar-refractivity contribution is 0.408. The van der Waals surface area contributed by atoms with Gasteiger partial charge in [0.15, 0.2) is 0 Å². The number of thiophene rings is 1. The van der Waals surface area contributed by atoms with E-state index in [1.54, 1.807) is 18.4 Å². The predicted octanol–water partition coefficient (Wildman–Crippen LogP) is 3.16. The minimum Gasteiger partial charge on any atom is -0.496 e. The summed E-state index contributed by atoms with van der Waals surface area (Å²) in [5, 5.41) is 5.55. The minimum atomic E-state index is 0.150. The Hall–Kier alpha value is -1.39. The van der Waals surface area contributed by atoms with E-state index in [4.69, 9.17) is 4.74 Å². The van der Waals surface area contributed by atoms with Gasteiger partial charge in [0.2, 0.25) is 0 Å². The Bertz CT molecular complexity index is 510. The standard InChI is InChI=1S/C14H18N2OS/c1-4-16-13(11-7-10(2)8-15-9-11)14-12(17-3)5-6-18-14/h5-9,13,16H,4H2,1-3H3. The summed E-state index contributed by atoms with van der Waals surface area (Å²) in [6.07, 6.45) is 3.79. The first-order valence-corrected chi connectivity index (χ1v) is 6.90. The van der Waals surface area contributed by atoms with Crippen molar-refractivity contribution in [2.24, 2.45) is 0 Å². The van der Waals surface area contributed by atoms with Crippen molar-refractivity contribution in [1.82, 2.24) is 10.3 Å². The van der Waals surface area contributed by atoms with Gasteiger partial charge in [0.25, 0.3) is 0 Å². The number of nitrogens with one attached hydrogen (secondary N) is 1. The first-order chi connectivity index (χ1) is 8.76. The van der Waals surface area contributed by atoms with Gasteiger partial charge in [0.05, 0.1) is 18.0 Å². The van der Waals surface area contributed by atoms with Crippen LogP contribution in [0.2, 0.25) is 0 Å². The van der Waals surface area contributed by atoms with E-state index in [1.165, 1.54) is 16.0 Å². The van der Waals surface area contributed by atoms with Crippen molar-refractivity contribution in [3.63, 3.8) is 0 Å². The van der Waals surface area contributed by atoms with Crippen molar-refractivity contribution >= 4 is 11.3 Å². The molecule has 4 heteroatoms. The molecule has 2 aromatic rings. The fraction of sp³-hybridized carbons (Fsp3) is 0.357. The number of aromatic nitrogens is 1. The van der Waals surface area contributed by atoms with E-state index in [2.05, 4.69) is 35.6 Å². The van der Waals surface area contributed by atoms with E-state index in [-0.39, 0.29) is 6.04 Å². The van der Waals surface area contributed by atoms with Gasteiger partial charge < -0.3 is 10.1 Å². The van der Waals surface area contributed by atoms with Crippen LogP contribution in [0.25, 0.3) is 0 Å². The maximum absolute atomic E-state index is 5.41. The summed E-state index contributed by atoms with van der Waals surface area (Å²) in [4.78, 5) is 5.48. The Morgan fingerprint density at radius 3 is 2.94 bits per heavy atom. The quantitative estimate of drug-likeness (QED) is 0.898. The summed E-state index contributed by atoms with van der Waals surface area (Å²) in [6, 6.07) is 4.32. The Kier molecular flexibility index (Phi) is 4.33. The molecule has 1 N–H and O–H groups in total. The van der Waals surface area contributed by atoms with Gasteiger partial charge >= 0.3 is 0 Å². The second-order valence-electron chi connectivity index (χ2n) is 4.14. The number of aryl methyl sites for hydroxylation is 1. The van der Waals surface area contributed by atoms with E-state index < -0.39 is 0 Å². The number of rotatable bonds is 5. The lowest BCUT2D eigenvalue weighted by Crippen LogP contribution is -2.21. The highest BCUT2D eigenvalue weighted by Gasteiger charge is 2.19. The van der Waals surface area contributed by atoms with Crippen LogP contribution < -0.4 is 10.1 Å². The molecule has 0 spiro atoms. The average molecular weight is 262 g/mol. The molecule has 0 amide bonds. The van der Waals surface area contributed by atoms with Crippen molar-refractivity contribution in [2.75, 3.05) is 13.7 Å². The summed E-state index contributed by atoms with van der Waals surface area (Å²) in [7, 11) is 1.71. The summed E-state index contributed by atoms with van der Waals surface area (Å²) < 4.78 is 5.41. The number of hydrogen-bond acceptors (Lipinski definition) is 4. The molecule has 0 aliphatic carbocycles. The van der Waals surface area contributed by atoms with Crippen LogP contribution in [-0.2, 0) is 0 Å². The predicted molar refractivity (Wildman–Crippen MR) is 75.4 cm³/mol. The normalized spacial score (nSPS) is 12.4. The third-order valence-corrected chi connectivity index (χ3v) is 3.74. The van der Waals surface area contributed by atoms with E-state index in [0.717, 1.165) is 12.3 Å². The van der Waals surface area contributed by atoms with Gasteiger partial charge in [0.1, 0.15) is 5.75 Å². The molecule has 96 valence electrons. The molecule has 0 aliphatic rings. The van der Waals surface area contributed by atoms with Crippen LogP contribution in [0.5, 0.6) is 5.75 Å². The second kappa shape index (κ2) is 5.98. The molecule has 3 nitrogen and oxygen atoms in total. The molecule has 0 saturated carbocycles. The van der Waals surface area contributed by atoms with Gasteiger partial charge in [-0.1, -0.05) is 13.0 Å². The first kappa shape index (κ1) is 13.1. The number of methoxy groups -OCH3 is 1. The molecule has 0 aliphatic heterocycles. The van der Waals surface area contributed by atoms with Crippen molar-refractivity contribution in [2.45, 2.75) is 19.9 Å². The number of pyridine rings is 1. The zero-order chi connectivity index (χ0) is 13.0. The summed E-state index contributed by atoms with van der Waals surface area (Å²) in [6.45, 7) is 5.07. The van der Waals surface area contributed by atoms with Crippen molar-refractivity contribution in [3.8, 4) is 5.75 Å². The van der Waals surface area contributed by atoms with Gasteiger partial charge in [-0.25, -0.2) is 0 Å². The molecular weight excluding hydrogens is 244 g/mol. The maximum Gasteiger partial charge on any atom is 0.134 e. The summed E-state index contributed by atoms with van der Waals surface area (Å²) in [5.41, 5.74) is 2.35. The second-order valence-corrected chi connectivity index (χ2v) is 5.09. The largest absolute Gasteiger partial charge is 0.496 e. The van der Waals surface area contributed by atoms with Crippen molar-refractivity contribution in [1.29, 1.82) is 0 Å². The first-order valence-electron chi connectivity index (χ1n) is 6.02. The minimum absolute atomic E-state index is 0.150. The third kappa shape index (κ3) is 2.71. The van der Waals surface area contributed by atoms with Crippen molar-refractivity contribution < 1.29 is 4.74 Å². The van der Waals surface area contributed by atoms with Gasteiger partial charge in [-0.3, -0.25) is 4.98 Å². The Morgan fingerprint density at radius 1 is 1.44 bits per heavy atom. The third-order valence-electron chi connectivity index (χ3n) is 2.78. The molecular formula is C14H18N2OS. The van der Waals surface area contributed by atoms with Gasteiger partial charge in [0, 0.05) is 12.4 Å². The summed E-state index contributed by atoms with van der Waals surface area (Å²) >= 11 is 1.71. The van der Waals surface area contributed by atoms with E-state index in [1.807, 2.05) is 18.5 Å². The van der Waals surface area contributed by atoms with Crippen LogP contribution in [0.1, 0.15) is 29.0 Å². The van der Waals surface area contributed by atoms with Crippen LogP contribution in [0.15, 0.2) is 29.9 Å². The highest BCUT2D eigenvalue weighted by atomic mass is 32.1. The smallest absolute Gasteiger partial charge is 0.134 e. The molecule has 1 unspecified atom stereocenters.